The van der Waals surface area contributed by atoms with Crippen molar-refractivity contribution < 1.29 is 22.3 Å². The van der Waals surface area contributed by atoms with Crippen LogP contribution in [0.25, 0.3) is 0 Å². The minimum atomic E-state index is -3.69. The molecular weight excluding hydrogens is 419 g/mol. The lowest BCUT2D eigenvalue weighted by molar-refractivity contribution is 0.102. The largest absolute Gasteiger partial charge is 0.496 e. The van der Waals surface area contributed by atoms with Crippen molar-refractivity contribution >= 4 is 27.3 Å². The Hall–Kier alpha value is -3.39. The fourth-order valence-electron chi connectivity index (χ4n) is 3.11. The topological polar surface area (TPSA) is 75.7 Å². The minimum absolute atomic E-state index is 0.0842. The van der Waals surface area contributed by atoms with Gasteiger partial charge in [0.2, 0.25) is 10.0 Å². The molecule has 0 heterocycles. The molecule has 0 spiro atoms. The molecule has 0 aromatic heterocycles. The van der Waals surface area contributed by atoms with Gasteiger partial charge in [-0.15, -0.1) is 0 Å². The Morgan fingerprint density at radius 2 is 1.74 bits per heavy atom. The third-order valence-corrected chi connectivity index (χ3v) is 5.91. The zero-order chi connectivity index (χ0) is 22.6. The molecule has 3 aromatic rings. The van der Waals surface area contributed by atoms with Gasteiger partial charge < -0.3 is 10.1 Å². The number of sulfonamides is 1. The Kier molecular flexibility index (Phi) is 6.60. The number of nitrogens with one attached hydrogen (secondary N) is 1. The summed E-state index contributed by atoms with van der Waals surface area (Å²) in [4.78, 5) is 12.8. The van der Waals surface area contributed by atoms with Crippen LogP contribution in [0.5, 0.6) is 5.75 Å². The van der Waals surface area contributed by atoms with Crippen molar-refractivity contribution in [2.24, 2.45) is 0 Å². The van der Waals surface area contributed by atoms with E-state index in [2.05, 4.69) is 5.32 Å². The van der Waals surface area contributed by atoms with E-state index in [1.54, 1.807) is 24.3 Å². The van der Waals surface area contributed by atoms with Gasteiger partial charge in [0.05, 0.1) is 25.6 Å². The predicted molar refractivity (Wildman–Crippen MR) is 120 cm³/mol. The molecular formula is C23H23FN2O4S. The maximum atomic E-state index is 13.3. The summed E-state index contributed by atoms with van der Waals surface area (Å²) in [5.41, 5.74) is 2.76. The molecule has 3 rings (SSSR count). The molecule has 0 saturated heterocycles. The lowest BCUT2D eigenvalue weighted by atomic mass is 10.1. The van der Waals surface area contributed by atoms with Gasteiger partial charge in [-0.3, -0.25) is 9.10 Å². The van der Waals surface area contributed by atoms with E-state index in [9.17, 15) is 17.6 Å². The molecule has 0 aliphatic heterocycles. The second-order valence-electron chi connectivity index (χ2n) is 7.04. The van der Waals surface area contributed by atoms with E-state index in [-0.39, 0.29) is 12.5 Å². The number of hydrogen-bond donors (Lipinski definition) is 1. The van der Waals surface area contributed by atoms with Gasteiger partial charge in [0, 0.05) is 16.8 Å². The predicted octanol–water partition coefficient (Wildman–Crippen LogP) is 4.36. The molecule has 0 saturated carbocycles. The Morgan fingerprint density at radius 1 is 1.06 bits per heavy atom. The number of amides is 1. The molecule has 0 aliphatic carbocycles. The first-order valence-electron chi connectivity index (χ1n) is 9.46. The molecule has 0 atom stereocenters. The van der Waals surface area contributed by atoms with E-state index in [1.807, 2.05) is 25.1 Å². The van der Waals surface area contributed by atoms with Crippen LogP contribution in [0.15, 0.2) is 66.7 Å². The fourth-order valence-corrected chi connectivity index (χ4v) is 3.99. The summed E-state index contributed by atoms with van der Waals surface area (Å²) < 4.78 is 44.7. The standard InChI is InChI=1S/C23H23FN2O4S/c1-16-6-4-5-7-21(16)25-23(27)17-8-13-22(30-2)18(14-17)15-26(31(3,28)29)20-11-9-19(24)10-12-20/h4-14H,15H2,1-3H3,(H,25,27). The summed E-state index contributed by atoms with van der Waals surface area (Å²) in [6.45, 7) is 1.81. The van der Waals surface area contributed by atoms with E-state index < -0.39 is 15.8 Å². The number of para-hydroxylation sites is 1. The average molecular weight is 443 g/mol. The van der Waals surface area contributed by atoms with Gasteiger partial charge in [-0.2, -0.15) is 0 Å². The van der Waals surface area contributed by atoms with Gasteiger partial charge in [0.1, 0.15) is 11.6 Å². The van der Waals surface area contributed by atoms with E-state index in [1.165, 1.54) is 31.4 Å². The van der Waals surface area contributed by atoms with Crippen molar-refractivity contribution in [3.8, 4) is 5.75 Å². The van der Waals surface area contributed by atoms with Crippen molar-refractivity contribution in [2.45, 2.75) is 13.5 Å². The first kappa shape index (κ1) is 22.3. The number of halogens is 1. The zero-order valence-electron chi connectivity index (χ0n) is 17.4. The van der Waals surface area contributed by atoms with Crippen molar-refractivity contribution in [2.75, 3.05) is 23.0 Å². The summed E-state index contributed by atoms with van der Waals surface area (Å²) in [6, 6.07) is 17.4. The highest BCUT2D eigenvalue weighted by molar-refractivity contribution is 7.92. The molecule has 0 aliphatic rings. The van der Waals surface area contributed by atoms with Crippen LogP contribution in [0.3, 0.4) is 0 Å². The highest BCUT2D eigenvalue weighted by atomic mass is 32.2. The van der Waals surface area contributed by atoms with Crippen molar-refractivity contribution in [3.63, 3.8) is 0 Å². The van der Waals surface area contributed by atoms with Crippen LogP contribution >= 0.6 is 0 Å². The second kappa shape index (κ2) is 9.18. The van der Waals surface area contributed by atoms with Crippen LogP contribution in [0, 0.1) is 12.7 Å². The number of carbonyl (C=O) groups excluding carboxylic acids is 1. The van der Waals surface area contributed by atoms with Crippen LogP contribution in [0.2, 0.25) is 0 Å². The first-order chi connectivity index (χ1) is 14.7. The zero-order valence-corrected chi connectivity index (χ0v) is 18.2. The van der Waals surface area contributed by atoms with Crippen LogP contribution in [-0.2, 0) is 16.6 Å². The lowest BCUT2D eigenvalue weighted by Gasteiger charge is -2.24. The number of anilines is 2. The summed E-state index contributed by atoms with van der Waals surface area (Å²) >= 11 is 0. The molecule has 0 fully saturated rings. The van der Waals surface area contributed by atoms with Gasteiger partial charge in [-0.25, -0.2) is 12.8 Å². The van der Waals surface area contributed by atoms with E-state index in [0.29, 0.717) is 28.3 Å². The number of aryl methyl sites for hydroxylation is 1. The number of rotatable bonds is 7. The number of carbonyl (C=O) groups is 1. The number of ether oxygens (including phenoxy) is 1. The van der Waals surface area contributed by atoms with Crippen molar-refractivity contribution in [1.29, 1.82) is 0 Å². The fraction of sp³-hybridized carbons (Fsp3) is 0.174. The highest BCUT2D eigenvalue weighted by Gasteiger charge is 2.21. The number of methoxy groups -OCH3 is 1. The van der Waals surface area contributed by atoms with E-state index >= 15 is 0 Å². The Labute approximate surface area is 181 Å². The third-order valence-electron chi connectivity index (χ3n) is 4.76. The molecule has 31 heavy (non-hydrogen) atoms. The summed E-state index contributed by atoms with van der Waals surface area (Å²) in [5.74, 6) is -0.362. The number of nitrogens with zero attached hydrogens (tertiary/aromatic N) is 1. The molecule has 1 amide bonds. The van der Waals surface area contributed by atoms with Crippen LogP contribution < -0.4 is 14.4 Å². The molecule has 3 aromatic carbocycles. The van der Waals surface area contributed by atoms with Gasteiger partial charge in [-0.05, 0) is 61.0 Å². The number of hydrogen-bond acceptors (Lipinski definition) is 4. The highest BCUT2D eigenvalue weighted by Crippen LogP contribution is 2.27. The molecule has 0 radical (unpaired) electrons. The average Bonchev–Trinajstić information content (AvgIpc) is 2.73. The monoisotopic (exact) mass is 442 g/mol. The SMILES string of the molecule is COc1ccc(C(=O)Nc2ccccc2C)cc1CN(c1ccc(F)cc1)S(C)(=O)=O. The third kappa shape index (κ3) is 5.40. The summed E-state index contributed by atoms with van der Waals surface area (Å²) in [7, 11) is -2.22. The van der Waals surface area contributed by atoms with Gasteiger partial charge >= 0.3 is 0 Å². The van der Waals surface area contributed by atoms with Crippen LogP contribution in [0.1, 0.15) is 21.5 Å². The quantitative estimate of drug-likeness (QED) is 0.590. The Bertz CT molecular complexity index is 1190. The minimum Gasteiger partial charge on any atom is -0.496 e. The smallest absolute Gasteiger partial charge is 0.255 e. The normalized spacial score (nSPS) is 11.1. The Morgan fingerprint density at radius 3 is 2.35 bits per heavy atom. The van der Waals surface area contributed by atoms with Gasteiger partial charge in [0.25, 0.3) is 5.91 Å². The molecule has 8 heteroatoms. The Balaban J connectivity index is 1.94. The first-order valence-corrected chi connectivity index (χ1v) is 11.3. The summed E-state index contributed by atoms with van der Waals surface area (Å²) in [5, 5.41) is 2.86. The maximum Gasteiger partial charge on any atom is 0.255 e. The van der Waals surface area contributed by atoms with E-state index in [4.69, 9.17) is 4.74 Å². The summed E-state index contributed by atoms with van der Waals surface area (Å²) in [6.07, 6.45) is 1.07. The van der Waals surface area contributed by atoms with Gasteiger partial charge in [0.15, 0.2) is 0 Å². The molecule has 162 valence electrons. The number of benzene rings is 3. The van der Waals surface area contributed by atoms with Crippen molar-refractivity contribution in [1.82, 2.24) is 0 Å². The van der Waals surface area contributed by atoms with Gasteiger partial charge in [-0.1, -0.05) is 18.2 Å². The molecule has 1 N–H and O–H groups in total. The second-order valence-corrected chi connectivity index (χ2v) is 8.95. The molecule has 6 nitrogen and oxygen atoms in total. The molecule has 0 unspecified atom stereocenters. The van der Waals surface area contributed by atoms with E-state index in [0.717, 1.165) is 16.1 Å². The van der Waals surface area contributed by atoms with Crippen LogP contribution in [-0.4, -0.2) is 27.7 Å². The van der Waals surface area contributed by atoms with Crippen LogP contribution in [0.4, 0.5) is 15.8 Å². The lowest BCUT2D eigenvalue weighted by Crippen LogP contribution is -2.29. The molecule has 0 bridgehead atoms. The van der Waals surface area contributed by atoms with Crippen molar-refractivity contribution in [3.05, 3.63) is 89.2 Å². The maximum absolute atomic E-state index is 13.3.